The van der Waals surface area contributed by atoms with Gasteiger partial charge in [-0.05, 0) is 40.8 Å². The largest absolute Gasteiger partial charge is 0.464 e. The second-order valence-electron chi connectivity index (χ2n) is 7.04. The molecule has 0 saturated heterocycles. The average Bonchev–Trinajstić information content (AvgIpc) is 3.21. The Morgan fingerprint density at radius 1 is 1.27 bits per heavy atom. The van der Waals surface area contributed by atoms with Gasteiger partial charge in [0.05, 0.1) is 21.5 Å². The molecule has 2 aromatic heterocycles. The molecular formula is C20H21BrN2O2S. The van der Waals surface area contributed by atoms with E-state index in [2.05, 4.69) is 42.0 Å². The molecule has 3 rings (SSSR count). The Labute approximate surface area is 165 Å². The van der Waals surface area contributed by atoms with E-state index in [4.69, 9.17) is 10.2 Å². The van der Waals surface area contributed by atoms with Gasteiger partial charge < -0.3 is 15.5 Å². The first-order valence-electron chi connectivity index (χ1n) is 8.24. The van der Waals surface area contributed by atoms with Crippen LogP contribution in [-0.4, -0.2) is 11.2 Å². The molecule has 0 aliphatic heterocycles. The van der Waals surface area contributed by atoms with Crippen molar-refractivity contribution in [2.45, 2.75) is 26.2 Å². The number of rotatable bonds is 4. The van der Waals surface area contributed by atoms with Crippen molar-refractivity contribution < 1.29 is 9.21 Å². The number of nitrogen functional groups attached to an aromatic ring is 1. The molecule has 0 spiro atoms. The molecule has 0 radical (unpaired) electrons. The van der Waals surface area contributed by atoms with Crippen molar-refractivity contribution in [2.24, 2.45) is 0 Å². The van der Waals surface area contributed by atoms with E-state index in [1.54, 1.807) is 6.26 Å². The summed E-state index contributed by atoms with van der Waals surface area (Å²) in [6.07, 6.45) is 1.67. The summed E-state index contributed by atoms with van der Waals surface area (Å²) in [7, 11) is 0. The molecule has 0 atom stereocenters. The van der Waals surface area contributed by atoms with Crippen molar-refractivity contribution in [1.82, 2.24) is 0 Å². The van der Waals surface area contributed by atoms with Crippen LogP contribution in [-0.2, 0) is 10.2 Å². The number of hydrogen-bond donors (Lipinski definition) is 2. The molecule has 3 aromatic rings. The molecule has 0 fully saturated rings. The fourth-order valence-corrected chi connectivity index (χ4v) is 4.39. The van der Waals surface area contributed by atoms with E-state index in [-0.39, 0.29) is 16.7 Å². The lowest BCUT2D eigenvalue weighted by Gasteiger charge is -2.22. The Balaban J connectivity index is 2.17. The number of amides is 1. The molecular weight excluding hydrogens is 412 g/mol. The summed E-state index contributed by atoms with van der Waals surface area (Å²) < 4.78 is 5.64. The van der Waals surface area contributed by atoms with Crippen LogP contribution in [0.5, 0.6) is 0 Å². The molecule has 0 bridgehead atoms. The van der Waals surface area contributed by atoms with E-state index in [9.17, 15) is 4.79 Å². The molecule has 136 valence electrons. The van der Waals surface area contributed by atoms with Gasteiger partial charge in [-0.15, -0.1) is 11.3 Å². The zero-order valence-corrected chi connectivity index (χ0v) is 17.3. The summed E-state index contributed by atoms with van der Waals surface area (Å²) in [6, 6.07) is 11.6. The number of nitrogens with two attached hydrogens (primary N) is 1. The molecule has 6 heteroatoms. The van der Waals surface area contributed by atoms with Gasteiger partial charge in [0.1, 0.15) is 5.76 Å². The van der Waals surface area contributed by atoms with Gasteiger partial charge in [-0.3, -0.25) is 4.79 Å². The van der Waals surface area contributed by atoms with Crippen molar-refractivity contribution in [1.29, 1.82) is 0 Å². The average molecular weight is 433 g/mol. The van der Waals surface area contributed by atoms with Gasteiger partial charge >= 0.3 is 0 Å². The Morgan fingerprint density at radius 2 is 2.04 bits per heavy atom. The summed E-state index contributed by atoms with van der Waals surface area (Å²) in [5, 5.41) is 3.87. The normalized spacial score (nSPS) is 11.5. The maximum absolute atomic E-state index is 11.7. The van der Waals surface area contributed by atoms with E-state index in [1.807, 2.05) is 36.4 Å². The predicted octanol–water partition coefficient (Wildman–Crippen LogP) is 5.89. The van der Waals surface area contributed by atoms with Gasteiger partial charge in [0, 0.05) is 11.3 Å². The van der Waals surface area contributed by atoms with Crippen LogP contribution in [0.4, 0.5) is 10.7 Å². The number of anilines is 2. The van der Waals surface area contributed by atoms with E-state index in [0.717, 1.165) is 38.0 Å². The highest BCUT2D eigenvalue weighted by Crippen LogP contribution is 2.49. The Bertz CT molecular complexity index is 924. The van der Waals surface area contributed by atoms with E-state index < -0.39 is 0 Å². The van der Waals surface area contributed by atoms with E-state index in [1.165, 1.54) is 11.3 Å². The van der Waals surface area contributed by atoms with Crippen LogP contribution in [0.3, 0.4) is 0 Å². The second-order valence-corrected chi connectivity index (χ2v) is 8.65. The van der Waals surface area contributed by atoms with Crippen LogP contribution in [0.1, 0.15) is 26.3 Å². The van der Waals surface area contributed by atoms with Crippen LogP contribution in [0, 0.1) is 0 Å². The van der Waals surface area contributed by atoms with Gasteiger partial charge in [0.2, 0.25) is 5.91 Å². The predicted molar refractivity (Wildman–Crippen MR) is 113 cm³/mol. The Morgan fingerprint density at radius 3 is 2.65 bits per heavy atom. The number of nitrogens with one attached hydrogen (secondary N) is 1. The minimum absolute atomic E-state index is 0.0900. The third kappa shape index (κ3) is 3.71. The quantitative estimate of drug-likeness (QED) is 0.505. The molecule has 0 saturated carbocycles. The zero-order chi connectivity index (χ0) is 18.9. The molecule has 1 amide bonds. The standard InChI is InChI=1S/C20H21BrN2O2S/c1-20(2,3)17-16(19(22)26-18(17)14-8-5-9-25-14)12-6-4-7-13(10-12)23-15(24)11-21/h4-10H,11,22H2,1-3H3,(H,23,24). The second kappa shape index (κ2) is 7.29. The van der Waals surface area contributed by atoms with Gasteiger partial charge in [-0.25, -0.2) is 0 Å². The van der Waals surface area contributed by atoms with Crippen molar-refractivity contribution in [3.05, 3.63) is 48.2 Å². The summed E-state index contributed by atoms with van der Waals surface area (Å²) >= 11 is 4.70. The maximum atomic E-state index is 11.7. The molecule has 0 aliphatic carbocycles. The number of hydrogen-bond acceptors (Lipinski definition) is 4. The lowest BCUT2D eigenvalue weighted by atomic mass is 9.82. The molecule has 3 N–H and O–H groups in total. The van der Waals surface area contributed by atoms with Crippen LogP contribution in [0.25, 0.3) is 21.8 Å². The molecule has 2 heterocycles. The summed E-state index contributed by atoms with van der Waals surface area (Å²) in [6.45, 7) is 6.50. The topological polar surface area (TPSA) is 68.3 Å². The zero-order valence-electron chi connectivity index (χ0n) is 14.9. The first kappa shape index (κ1) is 18.7. The minimum atomic E-state index is -0.124. The van der Waals surface area contributed by atoms with Crippen molar-refractivity contribution >= 4 is 43.9 Å². The van der Waals surface area contributed by atoms with Crippen LogP contribution >= 0.6 is 27.3 Å². The van der Waals surface area contributed by atoms with Gasteiger partial charge in [0.15, 0.2) is 0 Å². The molecule has 1 aromatic carbocycles. The first-order valence-corrected chi connectivity index (χ1v) is 10.2. The van der Waals surface area contributed by atoms with Crippen LogP contribution < -0.4 is 11.1 Å². The highest BCUT2D eigenvalue weighted by Gasteiger charge is 2.29. The number of furan rings is 1. The number of thiophene rings is 1. The third-order valence-corrected chi connectivity index (χ3v) is 5.53. The minimum Gasteiger partial charge on any atom is -0.464 e. The maximum Gasteiger partial charge on any atom is 0.235 e. The number of halogens is 1. The lowest BCUT2D eigenvalue weighted by Crippen LogP contribution is -2.13. The number of benzene rings is 1. The van der Waals surface area contributed by atoms with Crippen molar-refractivity contribution in [3.63, 3.8) is 0 Å². The van der Waals surface area contributed by atoms with Gasteiger partial charge in [0.25, 0.3) is 0 Å². The number of carbonyl (C=O) groups is 1. The summed E-state index contributed by atoms with van der Waals surface area (Å²) in [4.78, 5) is 12.7. The monoisotopic (exact) mass is 432 g/mol. The highest BCUT2D eigenvalue weighted by atomic mass is 79.9. The fourth-order valence-electron chi connectivity index (χ4n) is 2.98. The fraction of sp³-hybridized carbons (Fsp3) is 0.250. The van der Waals surface area contributed by atoms with Crippen molar-refractivity contribution in [2.75, 3.05) is 16.4 Å². The number of alkyl halides is 1. The Kier molecular flexibility index (Phi) is 5.25. The first-order chi connectivity index (χ1) is 12.3. The van der Waals surface area contributed by atoms with E-state index >= 15 is 0 Å². The summed E-state index contributed by atoms with van der Waals surface area (Å²) in [5.74, 6) is 0.731. The van der Waals surface area contributed by atoms with Gasteiger partial charge in [-0.2, -0.15) is 0 Å². The molecule has 26 heavy (non-hydrogen) atoms. The third-order valence-electron chi connectivity index (χ3n) is 3.99. The molecule has 0 unspecified atom stereocenters. The van der Waals surface area contributed by atoms with Crippen LogP contribution in [0.15, 0.2) is 47.1 Å². The van der Waals surface area contributed by atoms with Crippen LogP contribution in [0.2, 0.25) is 0 Å². The summed E-state index contributed by atoms with van der Waals surface area (Å²) in [5.41, 5.74) is 10.2. The number of carbonyl (C=O) groups excluding carboxylic acids is 1. The molecule has 4 nitrogen and oxygen atoms in total. The SMILES string of the molecule is CC(C)(C)c1c(-c2ccco2)sc(N)c1-c1cccc(NC(=O)CBr)c1. The van der Waals surface area contributed by atoms with E-state index in [0.29, 0.717) is 0 Å². The lowest BCUT2D eigenvalue weighted by molar-refractivity contribution is -0.113. The van der Waals surface area contributed by atoms with Crippen molar-refractivity contribution in [3.8, 4) is 21.8 Å². The van der Waals surface area contributed by atoms with Gasteiger partial charge in [-0.1, -0.05) is 48.8 Å². The molecule has 0 aliphatic rings. The Hall–Kier alpha value is -2.05. The smallest absolute Gasteiger partial charge is 0.235 e. The highest BCUT2D eigenvalue weighted by molar-refractivity contribution is 9.09.